The highest BCUT2D eigenvalue weighted by molar-refractivity contribution is 6.04. The summed E-state index contributed by atoms with van der Waals surface area (Å²) in [6.07, 6.45) is 5.65. The van der Waals surface area contributed by atoms with Crippen LogP contribution >= 0.6 is 0 Å². The lowest BCUT2D eigenvalue weighted by molar-refractivity contribution is 0.619. The van der Waals surface area contributed by atoms with Crippen molar-refractivity contribution in [3.63, 3.8) is 0 Å². The molecule has 5 nitrogen and oxygen atoms in total. The second kappa shape index (κ2) is 7.67. The molecule has 0 amide bonds. The van der Waals surface area contributed by atoms with Crippen LogP contribution in [0.25, 0.3) is 22.2 Å². The SMILES string of the molecule is Cc1ccc(-c2cn(C(C)C3=CN=C(c4ccccc4F)C3)c3ncnc(N)c23)cc1F. The summed E-state index contributed by atoms with van der Waals surface area (Å²) in [7, 11) is 0. The molecule has 1 atom stereocenters. The number of nitrogen functional groups attached to an aromatic ring is 1. The minimum Gasteiger partial charge on any atom is -0.383 e. The normalized spacial score (nSPS) is 14.5. The van der Waals surface area contributed by atoms with Gasteiger partial charge in [-0.3, -0.25) is 4.99 Å². The van der Waals surface area contributed by atoms with Crippen LogP contribution in [0.1, 0.15) is 30.5 Å². The van der Waals surface area contributed by atoms with E-state index in [1.807, 2.05) is 23.8 Å². The molecular weight excluding hydrogens is 408 g/mol. The van der Waals surface area contributed by atoms with Gasteiger partial charge in [0.1, 0.15) is 29.4 Å². The number of hydrogen-bond acceptors (Lipinski definition) is 4. The second-order valence-electron chi connectivity index (χ2n) is 7.98. The second-order valence-corrected chi connectivity index (χ2v) is 7.98. The summed E-state index contributed by atoms with van der Waals surface area (Å²) in [5, 5.41) is 0.677. The van der Waals surface area contributed by atoms with Crippen LogP contribution in [-0.4, -0.2) is 20.2 Å². The predicted octanol–water partition coefficient (Wildman–Crippen LogP) is 5.61. The Morgan fingerprint density at radius 3 is 2.62 bits per heavy atom. The van der Waals surface area contributed by atoms with Gasteiger partial charge in [0, 0.05) is 29.9 Å². The van der Waals surface area contributed by atoms with Crippen LogP contribution in [0.3, 0.4) is 0 Å². The van der Waals surface area contributed by atoms with Crippen LogP contribution in [0.15, 0.2) is 71.8 Å². The number of allylic oxidation sites excluding steroid dienone is 1. The first kappa shape index (κ1) is 20.1. The number of nitrogens with zero attached hydrogens (tertiary/aromatic N) is 4. The molecule has 0 aliphatic carbocycles. The molecule has 1 aliphatic rings. The number of aliphatic imine (C=N–C) groups is 1. The lowest BCUT2D eigenvalue weighted by atomic mass is 10.0. The zero-order valence-corrected chi connectivity index (χ0v) is 17.7. The Morgan fingerprint density at radius 2 is 1.84 bits per heavy atom. The van der Waals surface area contributed by atoms with E-state index in [4.69, 9.17) is 5.73 Å². The molecule has 0 spiro atoms. The summed E-state index contributed by atoms with van der Waals surface area (Å²) in [6, 6.07) is 11.6. The number of nitrogens with two attached hydrogens (primary N) is 1. The molecule has 2 aromatic heterocycles. The van der Waals surface area contributed by atoms with Crippen LogP contribution in [0.4, 0.5) is 14.6 Å². The van der Waals surface area contributed by atoms with Crippen molar-refractivity contribution in [2.45, 2.75) is 26.3 Å². The van der Waals surface area contributed by atoms with Gasteiger partial charge in [-0.1, -0.05) is 30.3 Å². The van der Waals surface area contributed by atoms with Gasteiger partial charge in [-0.25, -0.2) is 18.7 Å². The van der Waals surface area contributed by atoms with E-state index in [2.05, 4.69) is 15.0 Å². The third-order valence-corrected chi connectivity index (χ3v) is 6.02. The van der Waals surface area contributed by atoms with E-state index >= 15 is 0 Å². The van der Waals surface area contributed by atoms with Gasteiger partial charge >= 0.3 is 0 Å². The van der Waals surface area contributed by atoms with Gasteiger partial charge in [-0.05, 0) is 42.7 Å². The fourth-order valence-corrected chi connectivity index (χ4v) is 4.12. The highest BCUT2D eigenvalue weighted by Gasteiger charge is 2.24. The number of anilines is 1. The highest BCUT2D eigenvalue weighted by Crippen LogP contribution is 2.37. The van der Waals surface area contributed by atoms with Gasteiger partial charge in [-0.2, -0.15) is 0 Å². The average Bonchev–Trinajstić information content (AvgIpc) is 3.42. The van der Waals surface area contributed by atoms with E-state index < -0.39 is 0 Å². The van der Waals surface area contributed by atoms with Crippen molar-refractivity contribution in [3.05, 3.63) is 89.5 Å². The predicted molar refractivity (Wildman–Crippen MR) is 122 cm³/mol. The third kappa shape index (κ3) is 3.26. The van der Waals surface area contributed by atoms with Gasteiger partial charge < -0.3 is 10.3 Å². The number of aromatic nitrogens is 3. The number of halogens is 2. The molecule has 0 bridgehead atoms. The first-order valence-corrected chi connectivity index (χ1v) is 10.3. The smallest absolute Gasteiger partial charge is 0.146 e. The fourth-order valence-electron chi connectivity index (χ4n) is 4.12. The molecule has 0 saturated heterocycles. The zero-order chi connectivity index (χ0) is 22.4. The van der Waals surface area contributed by atoms with Crippen LogP contribution in [0.5, 0.6) is 0 Å². The molecule has 4 aromatic rings. The summed E-state index contributed by atoms with van der Waals surface area (Å²) in [5.74, 6) is -0.238. The number of hydrogen-bond donors (Lipinski definition) is 1. The fraction of sp³-hybridized carbons (Fsp3) is 0.160. The first-order chi connectivity index (χ1) is 15.4. The van der Waals surface area contributed by atoms with Crippen LogP contribution in [0.2, 0.25) is 0 Å². The summed E-state index contributed by atoms with van der Waals surface area (Å²) in [4.78, 5) is 13.1. The molecule has 32 heavy (non-hydrogen) atoms. The number of rotatable bonds is 4. The maximum Gasteiger partial charge on any atom is 0.146 e. The molecule has 160 valence electrons. The van der Waals surface area contributed by atoms with E-state index in [0.29, 0.717) is 45.7 Å². The van der Waals surface area contributed by atoms with Crippen molar-refractivity contribution >= 4 is 22.6 Å². The topological polar surface area (TPSA) is 69.1 Å². The number of aryl methyl sites for hydroxylation is 1. The van der Waals surface area contributed by atoms with Gasteiger partial charge in [-0.15, -0.1) is 0 Å². The van der Waals surface area contributed by atoms with Crippen LogP contribution < -0.4 is 5.73 Å². The van der Waals surface area contributed by atoms with Crippen molar-refractivity contribution in [1.82, 2.24) is 14.5 Å². The van der Waals surface area contributed by atoms with E-state index in [-0.39, 0.29) is 17.7 Å². The monoisotopic (exact) mass is 429 g/mol. The highest BCUT2D eigenvalue weighted by atomic mass is 19.1. The largest absolute Gasteiger partial charge is 0.383 e. The van der Waals surface area contributed by atoms with Crippen LogP contribution in [-0.2, 0) is 0 Å². The average molecular weight is 429 g/mol. The van der Waals surface area contributed by atoms with E-state index in [1.54, 1.807) is 37.4 Å². The molecule has 5 rings (SSSR count). The Bertz CT molecular complexity index is 1420. The van der Waals surface area contributed by atoms with Crippen molar-refractivity contribution in [1.29, 1.82) is 0 Å². The molecule has 2 N–H and O–H groups in total. The van der Waals surface area contributed by atoms with E-state index in [0.717, 1.165) is 11.1 Å². The first-order valence-electron chi connectivity index (χ1n) is 10.3. The van der Waals surface area contributed by atoms with Gasteiger partial charge in [0.25, 0.3) is 0 Å². The van der Waals surface area contributed by atoms with Gasteiger partial charge in [0.05, 0.1) is 17.1 Å². The number of fused-ring (bicyclic) bond motifs is 1. The van der Waals surface area contributed by atoms with Crippen LogP contribution in [0, 0.1) is 18.6 Å². The zero-order valence-electron chi connectivity index (χ0n) is 17.7. The molecule has 3 heterocycles. The summed E-state index contributed by atoms with van der Waals surface area (Å²) >= 11 is 0. The Kier molecular flexibility index (Phi) is 4.81. The molecule has 2 aromatic carbocycles. The maximum atomic E-state index is 14.3. The Labute approximate surface area is 184 Å². The lowest BCUT2D eigenvalue weighted by Crippen LogP contribution is -2.10. The van der Waals surface area contributed by atoms with Gasteiger partial charge in [0.15, 0.2) is 0 Å². The summed E-state index contributed by atoms with van der Waals surface area (Å²) in [6.45, 7) is 3.75. The molecule has 1 aliphatic heterocycles. The summed E-state index contributed by atoms with van der Waals surface area (Å²) < 4.78 is 30.5. The molecular formula is C25H21F2N5. The minimum absolute atomic E-state index is 0.121. The molecule has 0 saturated carbocycles. The number of benzene rings is 2. The van der Waals surface area contributed by atoms with E-state index in [9.17, 15) is 8.78 Å². The van der Waals surface area contributed by atoms with Crippen molar-refractivity contribution in [2.24, 2.45) is 4.99 Å². The Morgan fingerprint density at radius 1 is 1.03 bits per heavy atom. The van der Waals surface area contributed by atoms with Crippen molar-refractivity contribution < 1.29 is 8.78 Å². The van der Waals surface area contributed by atoms with Crippen molar-refractivity contribution in [2.75, 3.05) is 5.73 Å². The standard InChI is InChI=1S/C25H21F2N5/c1-14-7-8-16(9-21(14)27)19-12-32(25-23(19)24(28)30-13-31-25)15(2)17-10-22(29-11-17)18-5-3-4-6-20(18)26/h3-9,11-13,15H,10H2,1-2H3,(H2,28,30,31). The lowest BCUT2D eigenvalue weighted by Gasteiger charge is -2.16. The summed E-state index contributed by atoms with van der Waals surface area (Å²) in [5.41, 5.74) is 11.1. The Hall–Kier alpha value is -3.87. The van der Waals surface area contributed by atoms with E-state index in [1.165, 1.54) is 18.5 Å². The Balaban J connectivity index is 1.55. The van der Waals surface area contributed by atoms with Gasteiger partial charge in [0.2, 0.25) is 0 Å². The molecule has 0 fully saturated rings. The quantitative estimate of drug-likeness (QED) is 0.459. The third-order valence-electron chi connectivity index (χ3n) is 6.02. The van der Waals surface area contributed by atoms with Crippen molar-refractivity contribution in [3.8, 4) is 11.1 Å². The maximum absolute atomic E-state index is 14.3. The molecule has 1 unspecified atom stereocenters. The molecule has 7 heteroatoms. The minimum atomic E-state index is -0.288. The molecule has 0 radical (unpaired) electrons.